The van der Waals surface area contributed by atoms with Crippen molar-refractivity contribution >= 4 is 30.0 Å². The van der Waals surface area contributed by atoms with Gasteiger partial charge in [0.05, 0.1) is 5.56 Å². The summed E-state index contributed by atoms with van der Waals surface area (Å²) in [5.41, 5.74) is 1.81. The fraction of sp³-hybridized carbons (Fsp3) is 0.0556. The molecule has 1 N–H and O–H groups in total. The van der Waals surface area contributed by atoms with Crippen molar-refractivity contribution in [2.24, 2.45) is 4.99 Å². The Morgan fingerprint density at radius 3 is 2.25 bits per heavy atom. The molecule has 6 heteroatoms. The van der Waals surface area contributed by atoms with Crippen LogP contribution in [0.2, 0.25) is 5.02 Å². The summed E-state index contributed by atoms with van der Waals surface area (Å²) in [6.45, 7) is 3.48. The number of benzene rings is 2. The van der Waals surface area contributed by atoms with Crippen LogP contribution in [0.15, 0.2) is 59.2 Å². The van der Waals surface area contributed by atoms with Gasteiger partial charge in [-0.1, -0.05) is 11.6 Å². The fourth-order valence-electron chi connectivity index (χ4n) is 1.97. The summed E-state index contributed by atoms with van der Waals surface area (Å²) in [5, 5.41) is 12.4. The van der Waals surface area contributed by atoms with Crippen molar-refractivity contribution in [3.8, 4) is 11.8 Å². The summed E-state index contributed by atoms with van der Waals surface area (Å²) in [5.74, 6) is -0.102. The summed E-state index contributed by atoms with van der Waals surface area (Å²) >= 11 is 5.79. The molecule has 120 valence electrons. The van der Waals surface area contributed by atoms with Crippen molar-refractivity contribution < 1.29 is 9.53 Å². The van der Waals surface area contributed by atoms with Gasteiger partial charge in [-0.25, -0.2) is 4.79 Å². The van der Waals surface area contributed by atoms with Gasteiger partial charge in [0.15, 0.2) is 0 Å². The third-order valence-electron chi connectivity index (χ3n) is 3.17. The molecule has 2 aromatic carbocycles. The lowest BCUT2D eigenvalue weighted by molar-refractivity contribution is 0.0735. The number of rotatable bonds is 5. The van der Waals surface area contributed by atoms with E-state index in [0.29, 0.717) is 33.3 Å². The number of nitrogens with zero attached hydrogens (tertiary/aromatic N) is 2. The number of aliphatic imine (C=N–C) groups is 1. The summed E-state index contributed by atoms with van der Waals surface area (Å²) in [7, 11) is 1.63. The molecule has 0 aliphatic rings. The summed E-state index contributed by atoms with van der Waals surface area (Å²) in [6, 6.07) is 15.1. The van der Waals surface area contributed by atoms with E-state index in [9.17, 15) is 4.79 Å². The van der Waals surface area contributed by atoms with Crippen LogP contribution in [0.1, 0.15) is 15.9 Å². The first-order valence-electron chi connectivity index (χ1n) is 6.96. The number of nitriles is 1. The molecule has 0 amide bonds. The van der Waals surface area contributed by atoms with Crippen molar-refractivity contribution in [1.29, 1.82) is 5.26 Å². The second kappa shape index (κ2) is 7.95. The van der Waals surface area contributed by atoms with Crippen LogP contribution in [0.4, 0.5) is 0 Å². The molecule has 0 radical (unpaired) electrons. The van der Waals surface area contributed by atoms with Gasteiger partial charge in [0.25, 0.3) is 0 Å². The van der Waals surface area contributed by atoms with Gasteiger partial charge in [0.1, 0.15) is 23.2 Å². The number of ether oxygens (including phenoxy) is 1. The molecule has 0 saturated carbocycles. The fourth-order valence-corrected chi connectivity index (χ4v) is 2.10. The third kappa shape index (κ3) is 4.00. The molecule has 2 rings (SSSR count). The maximum absolute atomic E-state index is 12.0. The van der Waals surface area contributed by atoms with Crippen molar-refractivity contribution in [3.63, 3.8) is 0 Å². The molecule has 0 heterocycles. The minimum Gasteiger partial charge on any atom is -0.423 e. The number of halogens is 1. The van der Waals surface area contributed by atoms with Gasteiger partial charge in [0, 0.05) is 17.6 Å². The zero-order valence-corrected chi connectivity index (χ0v) is 13.7. The lowest BCUT2D eigenvalue weighted by Crippen LogP contribution is -2.08. The predicted octanol–water partition coefficient (Wildman–Crippen LogP) is 3.67. The van der Waals surface area contributed by atoms with E-state index in [0.717, 1.165) is 0 Å². The van der Waals surface area contributed by atoms with Crippen molar-refractivity contribution in [1.82, 2.24) is 5.32 Å². The van der Waals surface area contributed by atoms with E-state index in [1.807, 2.05) is 6.07 Å². The topological polar surface area (TPSA) is 74.5 Å². The third-order valence-corrected chi connectivity index (χ3v) is 3.43. The van der Waals surface area contributed by atoms with Gasteiger partial charge >= 0.3 is 5.97 Å². The van der Waals surface area contributed by atoms with Gasteiger partial charge in [-0.3, -0.25) is 4.99 Å². The van der Waals surface area contributed by atoms with Gasteiger partial charge < -0.3 is 10.1 Å². The molecular formula is C18H14ClN3O2. The normalized spacial score (nSPS) is 11.0. The van der Waals surface area contributed by atoms with Gasteiger partial charge in [-0.05, 0) is 55.2 Å². The Hall–Kier alpha value is -3.10. The number of hydrogen-bond acceptors (Lipinski definition) is 5. The lowest BCUT2D eigenvalue weighted by Gasteiger charge is -2.08. The number of hydrogen-bond donors (Lipinski definition) is 1. The zero-order valence-electron chi connectivity index (χ0n) is 12.9. The second-order valence-electron chi connectivity index (χ2n) is 4.66. The SMILES string of the molecule is C=N/C(=C(/C#N)NC)c1ccc(OC(=O)c2ccc(Cl)cc2)cc1. The number of carbonyl (C=O) groups is 1. The molecule has 0 spiro atoms. The Balaban J connectivity index is 2.19. The monoisotopic (exact) mass is 339 g/mol. The summed E-state index contributed by atoms with van der Waals surface area (Å²) < 4.78 is 5.30. The molecule has 0 aliphatic carbocycles. The van der Waals surface area contributed by atoms with Crippen molar-refractivity contribution in [2.75, 3.05) is 7.05 Å². The highest BCUT2D eigenvalue weighted by Crippen LogP contribution is 2.22. The lowest BCUT2D eigenvalue weighted by atomic mass is 10.1. The Kier molecular flexibility index (Phi) is 5.72. The van der Waals surface area contributed by atoms with Crippen LogP contribution < -0.4 is 10.1 Å². The molecule has 0 aliphatic heterocycles. The molecule has 0 bridgehead atoms. The quantitative estimate of drug-likeness (QED) is 0.390. The van der Waals surface area contributed by atoms with Crippen LogP contribution in [0.5, 0.6) is 5.75 Å². The smallest absolute Gasteiger partial charge is 0.343 e. The molecule has 0 aromatic heterocycles. The predicted molar refractivity (Wildman–Crippen MR) is 94.0 cm³/mol. The van der Waals surface area contributed by atoms with Gasteiger partial charge in [-0.15, -0.1) is 0 Å². The Labute approximate surface area is 144 Å². The number of carbonyl (C=O) groups excluding carboxylic acids is 1. The minimum absolute atomic E-state index is 0.302. The molecule has 5 nitrogen and oxygen atoms in total. The number of allylic oxidation sites excluding steroid dienone is 1. The molecule has 2 aromatic rings. The summed E-state index contributed by atoms with van der Waals surface area (Å²) in [4.78, 5) is 15.9. The van der Waals surface area contributed by atoms with E-state index in [1.165, 1.54) is 0 Å². The van der Waals surface area contributed by atoms with E-state index in [-0.39, 0.29) is 0 Å². The van der Waals surface area contributed by atoms with Crippen LogP contribution in [0, 0.1) is 11.3 Å². The largest absolute Gasteiger partial charge is 0.423 e. The highest BCUT2D eigenvalue weighted by molar-refractivity contribution is 6.30. The van der Waals surface area contributed by atoms with E-state index < -0.39 is 5.97 Å². The number of nitrogens with one attached hydrogen (secondary N) is 1. The Morgan fingerprint density at radius 1 is 1.17 bits per heavy atom. The average molecular weight is 340 g/mol. The highest BCUT2D eigenvalue weighted by Gasteiger charge is 2.10. The second-order valence-corrected chi connectivity index (χ2v) is 5.10. The van der Waals surface area contributed by atoms with Crippen LogP contribution in [0.3, 0.4) is 0 Å². The minimum atomic E-state index is -0.482. The van der Waals surface area contributed by atoms with E-state index in [2.05, 4.69) is 17.0 Å². The first-order valence-corrected chi connectivity index (χ1v) is 7.34. The van der Waals surface area contributed by atoms with Crippen LogP contribution in [-0.2, 0) is 0 Å². The van der Waals surface area contributed by atoms with Crippen molar-refractivity contribution in [3.05, 3.63) is 70.4 Å². The highest BCUT2D eigenvalue weighted by atomic mass is 35.5. The van der Waals surface area contributed by atoms with Gasteiger partial charge in [-0.2, -0.15) is 5.26 Å². The first-order chi connectivity index (χ1) is 11.6. The Morgan fingerprint density at radius 2 is 1.75 bits per heavy atom. The Bertz CT molecular complexity index is 819. The van der Waals surface area contributed by atoms with Gasteiger partial charge in [0.2, 0.25) is 0 Å². The molecule has 0 saturated heterocycles. The summed E-state index contributed by atoms with van der Waals surface area (Å²) in [6.07, 6.45) is 0. The van der Waals surface area contributed by atoms with Crippen LogP contribution in [-0.4, -0.2) is 19.7 Å². The molecule has 0 unspecified atom stereocenters. The maximum Gasteiger partial charge on any atom is 0.343 e. The van der Waals surface area contributed by atoms with Crippen LogP contribution in [0.25, 0.3) is 5.70 Å². The first kappa shape index (κ1) is 17.3. The molecule has 0 fully saturated rings. The van der Waals surface area contributed by atoms with Crippen molar-refractivity contribution in [2.45, 2.75) is 0 Å². The van der Waals surface area contributed by atoms with E-state index in [1.54, 1.807) is 55.6 Å². The zero-order chi connectivity index (χ0) is 17.5. The van der Waals surface area contributed by atoms with E-state index in [4.69, 9.17) is 21.6 Å². The molecular weight excluding hydrogens is 326 g/mol. The van der Waals surface area contributed by atoms with E-state index >= 15 is 0 Å². The average Bonchev–Trinajstić information content (AvgIpc) is 2.61. The standard InChI is InChI=1S/C18H14ClN3O2/c1-21-16(11-20)17(22-2)12-5-9-15(10-6-12)24-18(23)13-3-7-14(19)8-4-13/h3-10,21H,2H2,1H3/b17-16-. The number of esters is 1. The van der Waals surface area contributed by atoms with Crippen LogP contribution >= 0.6 is 11.6 Å². The molecule has 24 heavy (non-hydrogen) atoms. The molecule has 0 atom stereocenters. The maximum atomic E-state index is 12.0.